The molecule has 0 radical (unpaired) electrons. The zero-order valence-corrected chi connectivity index (χ0v) is 10.4. The number of nitrogens with zero attached hydrogens (tertiary/aromatic N) is 2. The second-order valence-corrected chi connectivity index (χ2v) is 4.75. The van der Waals surface area contributed by atoms with E-state index in [9.17, 15) is 4.39 Å². The molecule has 0 saturated carbocycles. The molecule has 0 bridgehead atoms. The van der Waals surface area contributed by atoms with Gasteiger partial charge in [-0.1, -0.05) is 22.0 Å². The Morgan fingerprint density at radius 1 is 1.18 bits per heavy atom. The lowest BCUT2D eigenvalue weighted by Gasteiger charge is -2.04. The molecule has 1 aromatic heterocycles. The van der Waals surface area contributed by atoms with E-state index in [1.807, 2.05) is 18.2 Å². The summed E-state index contributed by atoms with van der Waals surface area (Å²) < 4.78 is 14.1. The second kappa shape index (κ2) is 4.04. The molecule has 1 aromatic carbocycles. The number of pyridine rings is 1. The molecule has 0 aliphatic carbocycles. The maximum atomic E-state index is 13.1. The lowest BCUT2D eigenvalue weighted by atomic mass is 10.0. The molecule has 3 rings (SSSR count). The average molecular weight is 291 g/mol. The largest absolute Gasteiger partial charge is 0.279 e. The number of halogens is 2. The zero-order valence-electron chi connectivity index (χ0n) is 8.82. The molecule has 0 saturated heterocycles. The maximum absolute atomic E-state index is 13.1. The third-order valence-electron chi connectivity index (χ3n) is 2.73. The highest BCUT2D eigenvalue weighted by Gasteiger charge is 2.17. The van der Waals surface area contributed by atoms with Crippen molar-refractivity contribution in [1.29, 1.82) is 0 Å². The summed E-state index contributed by atoms with van der Waals surface area (Å²) in [5, 5.41) is 0. The lowest BCUT2D eigenvalue weighted by Crippen LogP contribution is -2.01. The Morgan fingerprint density at radius 2 is 2.06 bits per heavy atom. The molecule has 4 heteroatoms. The van der Waals surface area contributed by atoms with Crippen molar-refractivity contribution in [1.82, 2.24) is 4.98 Å². The van der Waals surface area contributed by atoms with Crippen LogP contribution in [-0.2, 0) is 6.54 Å². The van der Waals surface area contributed by atoms with Crippen LogP contribution in [0.15, 0.2) is 46.0 Å². The molecule has 0 spiro atoms. The van der Waals surface area contributed by atoms with Crippen molar-refractivity contribution < 1.29 is 4.39 Å². The molecule has 2 nitrogen and oxygen atoms in total. The van der Waals surface area contributed by atoms with Crippen molar-refractivity contribution in [3.05, 3.63) is 63.6 Å². The lowest BCUT2D eigenvalue weighted by molar-refractivity contribution is 0.583. The van der Waals surface area contributed by atoms with Crippen LogP contribution in [0.2, 0.25) is 0 Å². The predicted octanol–water partition coefficient (Wildman–Crippen LogP) is 3.33. The Labute approximate surface area is 106 Å². The summed E-state index contributed by atoms with van der Waals surface area (Å²) in [5.74, 6) is -0.476. The number of rotatable bonds is 1. The molecule has 2 aromatic rings. The van der Waals surface area contributed by atoms with Crippen molar-refractivity contribution >= 4 is 21.6 Å². The molecule has 0 unspecified atom stereocenters. The number of benzene rings is 1. The fourth-order valence-electron chi connectivity index (χ4n) is 1.97. The minimum absolute atomic E-state index is 0.476. The first-order chi connectivity index (χ1) is 8.24. The fraction of sp³-hybridized carbons (Fsp3) is 0.0769. The first-order valence-electron chi connectivity index (χ1n) is 5.19. The molecule has 1 aliphatic rings. The quantitative estimate of drug-likeness (QED) is 0.740. The Balaban J connectivity index is 2.09. The van der Waals surface area contributed by atoms with Crippen LogP contribution >= 0.6 is 15.9 Å². The molecule has 1 aliphatic heterocycles. The normalized spacial score (nSPS) is 13.4. The topological polar surface area (TPSA) is 25.2 Å². The minimum atomic E-state index is -0.476. The maximum Gasteiger partial charge on any atom is 0.213 e. The van der Waals surface area contributed by atoms with Gasteiger partial charge in [0.05, 0.1) is 12.3 Å². The van der Waals surface area contributed by atoms with Crippen LogP contribution in [-0.4, -0.2) is 10.7 Å². The van der Waals surface area contributed by atoms with E-state index in [2.05, 4.69) is 25.9 Å². The highest BCUT2D eigenvalue weighted by molar-refractivity contribution is 9.10. The minimum Gasteiger partial charge on any atom is -0.279 e. The second-order valence-electron chi connectivity index (χ2n) is 3.83. The molecule has 0 atom stereocenters. The van der Waals surface area contributed by atoms with Crippen LogP contribution in [0.4, 0.5) is 4.39 Å². The third-order valence-corrected chi connectivity index (χ3v) is 3.22. The van der Waals surface area contributed by atoms with E-state index in [0.29, 0.717) is 6.54 Å². The Hall–Kier alpha value is -1.55. The molecular weight excluding hydrogens is 283 g/mol. The van der Waals surface area contributed by atoms with Crippen molar-refractivity contribution in [2.75, 3.05) is 0 Å². The number of aliphatic imine (C=N–C) groups is 1. The summed E-state index contributed by atoms with van der Waals surface area (Å²) >= 11 is 3.43. The van der Waals surface area contributed by atoms with Gasteiger partial charge >= 0.3 is 0 Å². The van der Waals surface area contributed by atoms with E-state index in [0.717, 1.165) is 26.9 Å². The van der Waals surface area contributed by atoms with Crippen LogP contribution < -0.4 is 0 Å². The van der Waals surface area contributed by atoms with Gasteiger partial charge in [0.25, 0.3) is 0 Å². The van der Waals surface area contributed by atoms with Crippen LogP contribution in [0.3, 0.4) is 0 Å². The van der Waals surface area contributed by atoms with Gasteiger partial charge in [0.15, 0.2) is 0 Å². The molecule has 0 N–H and O–H groups in total. The van der Waals surface area contributed by atoms with Gasteiger partial charge in [0.1, 0.15) is 0 Å². The standard InChI is InChI=1S/C13H8BrFN2/c14-10-1-2-11-9(5-10)7-17-13(11)8-3-4-16-12(15)6-8/h1-6H,7H2. The number of hydrogen-bond donors (Lipinski definition) is 0. The zero-order chi connectivity index (χ0) is 11.8. The van der Waals surface area contributed by atoms with Crippen molar-refractivity contribution in [2.45, 2.75) is 6.54 Å². The van der Waals surface area contributed by atoms with E-state index in [1.54, 1.807) is 6.07 Å². The smallest absolute Gasteiger partial charge is 0.213 e. The highest BCUT2D eigenvalue weighted by atomic mass is 79.9. The van der Waals surface area contributed by atoms with Crippen LogP contribution in [0.5, 0.6) is 0 Å². The van der Waals surface area contributed by atoms with Crippen LogP contribution in [0.1, 0.15) is 16.7 Å². The monoisotopic (exact) mass is 290 g/mol. The Kier molecular flexibility index (Phi) is 2.52. The van der Waals surface area contributed by atoms with E-state index in [1.165, 1.54) is 12.3 Å². The number of aromatic nitrogens is 1. The van der Waals surface area contributed by atoms with Crippen molar-refractivity contribution in [3.63, 3.8) is 0 Å². The Bertz CT molecular complexity index is 623. The van der Waals surface area contributed by atoms with Crippen molar-refractivity contribution in [3.8, 4) is 0 Å². The van der Waals surface area contributed by atoms with Crippen LogP contribution in [0, 0.1) is 5.95 Å². The van der Waals surface area contributed by atoms with Gasteiger partial charge in [-0.25, -0.2) is 4.98 Å². The van der Waals surface area contributed by atoms with E-state index >= 15 is 0 Å². The van der Waals surface area contributed by atoms with Gasteiger partial charge in [0, 0.05) is 27.9 Å². The molecule has 84 valence electrons. The predicted molar refractivity (Wildman–Crippen MR) is 67.7 cm³/mol. The summed E-state index contributed by atoms with van der Waals surface area (Å²) in [7, 11) is 0. The van der Waals surface area contributed by atoms with Gasteiger partial charge in [-0.3, -0.25) is 4.99 Å². The summed E-state index contributed by atoms with van der Waals surface area (Å²) in [4.78, 5) is 8.01. The summed E-state index contributed by atoms with van der Waals surface area (Å²) in [6.45, 7) is 0.647. The molecule has 0 amide bonds. The van der Waals surface area contributed by atoms with Gasteiger partial charge in [-0.15, -0.1) is 0 Å². The molecule has 17 heavy (non-hydrogen) atoms. The summed E-state index contributed by atoms with van der Waals surface area (Å²) in [6, 6.07) is 9.21. The first kappa shape index (κ1) is 10.6. The van der Waals surface area contributed by atoms with Gasteiger partial charge in [-0.2, -0.15) is 4.39 Å². The number of fused-ring (bicyclic) bond motifs is 1. The van der Waals surface area contributed by atoms with E-state index in [4.69, 9.17) is 0 Å². The molecule has 2 heterocycles. The third kappa shape index (κ3) is 1.89. The number of hydrogen-bond acceptors (Lipinski definition) is 2. The van der Waals surface area contributed by atoms with Crippen LogP contribution in [0.25, 0.3) is 0 Å². The van der Waals surface area contributed by atoms with Crippen molar-refractivity contribution in [2.24, 2.45) is 4.99 Å². The summed E-state index contributed by atoms with van der Waals surface area (Å²) in [6.07, 6.45) is 1.46. The average Bonchev–Trinajstić information content (AvgIpc) is 2.71. The van der Waals surface area contributed by atoms with Gasteiger partial charge in [-0.05, 0) is 23.8 Å². The van der Waals surface area contributed by atoms with Gasteiger partial charge < -0.3 is 0 Å². The highest BCUT2D eigenvalue weighted by Crippen LogP contribution is 2.25. The molecular formula is C13H8BrFN2. The SMILES string of the molecule is Fc1cc(C2=NCc3cc(Br)ccc32)ccn1. The summed E-state index contributed by atoms with van der Waals surface area (Å²) in [5.41, 5.74) is 3.85. The van der Waals surface area contributed by atoms with Gasteiger partial charge in [0.2, 0.25) is 5.95 Å². The Morgan fingerprint density at radius 3 is 2.88 bits per heavy atom. The van der Waals surface area contributed by atoms with E-state index < -0.39 is 5.95 Å². The fourth-order valence-corrected chi connectivity index (χ4v) is 2.38. The van der Waals surface area contributed by atoms with E-state index in [-0.39, 0.29) is 0 Å². The molecule has 0 fully saturated rings. The first-order valence-corrected chi connectivity index (χ1v) is 5.98.